The summed E-state index contributed by atoms with van der Waals surface area (Å²) in [6.45, 7) is 2.05. The molecule has 19 heteroatoms. The van der Waals surface area contributed by atoms with Crippen molar-refractivity contribution in [2.24, 2.45) is 0 Å². The molecular weight excluding hydrogens is 845 g/mol. The van der Waals surface area contributed by atoms with E-state index in [0.717, 1.165) is 13.8 Å². The average Bonchev–Trinajstić information content (AvgIpc) is 2.58. The van der Waals surface area contributed by atoms with Crippen LogP contribution in [-0.4, -0.2) is 54.3 Å². The van der Waals surface area contributed by atoms with Crippen LogP contribution in [0, 0.1) is 10.7 Å². The molecule has 0 bridgehead atoms. The molecule has 0 atom stereocenters. The first kappa shape index (κ1) is 31.3. The van der Waals surface area contributed by atoms with Crippen molar-refractivity contribution in [1.29, 1.82) is 0 Å². The highest BCUT2D eigenvalue weighted by Crippen LogP contribution is 2.45. The van der Waals surface area contributed by atoms with Crippen molar-refractivity contribution in [2.45, 2.75) is 31.7 Å². The van der Waals surface area contributed by atoms with Crippen LogP contribution >= 0.6 is 67.8 Å². The molecule has 0 saturated heterocycles. The molecule has 3 N–H and O–H groups in total. The maximum absolute atomic E-state index is 13.6. The van der Waals surface area contributed by atoms with Gasteiger partial charge in [0.25, 0.3) is 5.91 Å². The van der Waals surface area contributed by atoms with Crippen molar-refractivity contribution in [3.8, 4) is 0 Å². The molecule has 1 rings (SSSR count). The molecule has 0 aliphatic carbocycles. The van der Waals surface area contributed by atoms with Gasteiger partial charge in [-0.1, -0.05) is 0 Å². The molecule has 1 aromatic rings. The topological polar surface area (TPSA) is 144 Å². The van der Waals surface area contributed by atoms with E-state index in [9.17, 15) is 53.7 Å². The molecule has 192 valence electrons. The summed E-state index contributed by atoms with van der Waals surface area (Å²) in [7, 11) is -6.17. The number of hydrogen-bond donors (Lipinski definition) is 3. The summed E-state index contributed by atoms with van der Waals surface area (Å²) in [6.07, 6.45) is -12.9. The smallest absolute Gasteiger partial charge is 0.421 e. The van der Waals surface area contributed by atoms with E-state index in [1.54, 1.807) is 22.6 Å². The minimum absolute atomic E-state index is 0.0911. The van der Waals surface area contributed by atoms with Gasteiger partial charge in [0.05, 0.1) is 43.5 Å². The van der Waals surface area contributed by atoms with Crippen molar-refractivity contribution in [1.82, 2.24) is 5.32 Å². The Morgan fingerprint density at radius 2 is 1.18 bits per heavy atom. The van der Waals surface area contributed by atoms with Crippen molar-refractivity contribution in [3.05, 3.63) is 16.3 Å². The highest BCUT2D eigenvalue weighted by Gasteiger charge is 2.72. The van der Waals surface area contributed by atoms with Crippen molar-refractivity contribution >= 4 is 107 Å². The molecule has 0 aromatic heterocycles. The summed E-state index contributed by atoms with van der Waals surface area (Å²) >= 11 is 4.36. The van der Waals surface area contributed by atoms with Crippen LogP contribution in [0.4, 0.5) is 37.7 Å². The van der Waals surface area contributed by atoms with Crippen LogP contribution in [0.2, 0.25) is 0 Å². The molecule has 34 heavy (non-hydrogen) atoms. The number of halogens is 9. The highest BCUT2D eigenvalue weighted by atomic mass is 127. The summed E-state index contributed by atoms with van der Waals surface area (Å²) in [5.41, 5.74) is -6.74. The molecule has 1 aromatic carbocycles. The maximum Gasteiger partial charge on any atom is 0.421 e. The maximum atomic E-state index is 13.6. The Hall–Kier alpha value is -0.690. The molecule has 9 nitrogen and oxygen atoms in total. The van der Waals surface area contributed by atoms with Crippen LogP contribution in [-0.2, 0) is 19.7 Å². The number of anilines is 2. The van der Waals surface area contributed by atoms with Gasteiger partial charge in [-0.2, -0.15) is 26.3 Å². The van der Waals surface area contributed by atoms with Crippen molar-refractivity contribution in [3.63, 3.8) is 0 Å². The normalized spacial score (nSPS) is 12.8. The molecule has 0 aliphatic heterocycles. The van der Waals surface area contributed by atoms with E-state index in [1.165, 1.54) is 45.2 Å². The van der Waals surface area contributed by atoms with Gasteiger partial charge in [-0.3, -0.25) is 14.4 Å². The minimum atomic E-state index is -6.46. The standard InChI is InChI=1S/C15H12F6I3N3O6S/c1-4(28)25-10-7(22)6(8(23)11(9(10)24)26-5(2)29)12(30)27-13(14(16,17)18,15(19,20)21)3-34(31,32)33/h3H2,1-2H3,(H,25,28)(H,26,29)(H,27,30)(H,31,32,33)/p-1. The largest absolute Gasteiger partial charge is 0.748 e. The van der Waals surface area contributed by atoms with E-state index in [2.05, 4.69) is 10.6 Å². The molecule has 0 saturated carbocycles. The van der Waals surface area contributed by atoms with Gasteiger partial charge in [0, 0.05) is 13.8 Å². The van der Waals surface area contributed by atoms with Gasteiger partial charge in [0.15, 0.2) is 0 Å². The Morgan fingerprint density at radius 1 is 0.824 bits per heavy atom. The van der Waals surface area contributed by atoms with Gasteiger partial charge in [0.1, 0.15) is 0 Å². The van der Waals surface area contributed by atoms with E-state index >= 15 is 0 Å². The van der Waals surface area contributed by atoms with Crippen LogP contribution in [0.25, 0.3) is 0 Å². The fourth-order valence-electron chi connectivity index (χ4n) is 2.46. The van der Waals surface area contributed by atoms with Crippen molar-refractivity contribution in [2.75, 3.05) is 16.4 Å². The second kappa shape index (κ2) is 10.7. The summed E-state index contributed by atoms with van der Waals surface area (Å²) in [5, 5.41) is 5.16. The van der Waals surface area contributed by atoms with Gasteiger partial charge < -0.3 is 20.5 Å². The van der Waals surface area contributed by atoms with Crippen LogP contribution in [0.3, 0.4) is 0 Å². The van der Waals surface area contributed by atoms with Crippen LogP contribution in [0.1, 0.15) is 24.2 Å². The summed E-state index contributed by atoms with van der Waals surface area (Å²) in [5.74, 6) is -6.58. The number of benzene rings is 1. The minimum Gasteiger partial charge on any atom is -0.748 e. The lowest BCUT2D eigenvalue weighted by molar-refractivity contribution is -0.296. The van der Waals surface area contributed by atoms with E-state index < -0.39 is 57.0 Å². The fraction of sp³-hybridized carbons (Fsp3) is 0.400. The first-order valence-corrected chi connectivity index (χ1v) is 13.0. The molecule has 0 radical (unpaired) electrons. The SMILES string of the molecule is CC(=O)Nc1c(I)c(NC(C)=O)c(I)c(C(=O)NC(CS(=O)(=O)[O-])(C(F)(F)F)C(F)(F)F)c1I. The summed E-state index contributed by atoms with van der Waals surface area (Å²) in [4.78, 5) is 35.9. The van der Waals surface area contributed by atoms with Gasteiger partial charge >= 0.3 is 12.4 Å². The zero-order valence-electron chi connectivity index (χ0n) is 16.5. The van der Waals surface area contributed by atoms with Gasteiger partial charge in [-0.05, 0) is 67.8 Å². The van der Waals surface area contributed by atoms with Crippen molar-refractivity contribution < 1.29 is 53.7 Å². The Balaban J connectivity index is 3.95. The van der Waals surface area contributed by atoms with Crippen LogP contribution in [0.5, 0.6) is 0 Å². The third-order valence-corrected chi connectivity index (χ3v) is 7.86. The predicted octanol–water partition coefficient (Wildman–Crippen LogP) is 3.56. The molecule has 0 fully saturated rings. The van der Waals surface area contributed by atoms with E-state index in [1.807, 2.05) is 0 Å². The van der Waals surface area contributed by atoms with Gasteiger partial charge in [0.2, 0.25) is 17.4 Å². The number of amides is 3. The molecule has 0 spiro atoms. The average molecular weight is 856 g/mol. The van der Waals surface area contributed by atoms with Crippen LogP contribution < -0.4 is 16.0 Å². The monoisotopic (exact) mass is 856 g/mol. The quantitative estimate of drug-likeness (QED) is 0.227. The number of rotatable bonds is 6. The molecular formula is C15H11F6I3N3O6S-. The zero-order chi connectivity index (χ0) is 27.0. The lowest BCUT2D eigenvalue weighted by Gasteiger charge is -2.38. The van der Waals surface area contributed by atoms with E-state index in [-0.39, 0.29) is 22.1 Å². The van der Waals surface area contributed by atoms with E-state index in [4.69, 9.17) is 0 Å². The number of carbonyl (C=O) groups is 3. The number of alkyl halides is 6. The fourth-order valence-corrected chi connectivity index (χ4v) is 7.58. The Labute approximate surface area is 228 Å². The van der Waals surface area contributed by atoms with Gasteiger partial charge in [-0.25, -0.2) is 8.42 Å². The van der Waals surface area contributed by atoms with Gasteiger partial charge in [-0.15, -0.1) is 0 Å². The number of carbonyl (C=O) groups excluding carboxylic acids is 3. The Bertz CT molecular complexity index is 1080. The second-order valence-electron chi connectivity index (χ2n) is 6.49. The number of nitrogens with one attached hydrogen (secondary N) is 3. The third-order valence-electron chi connectivity index (χ3n) is 3.83. The number of hydrogen-bond acceptors (Lipinski definition) is 6. The predicted molar refractivity (Wildman–Crippen MR) is 130 cm³/mol. The lowest BCUT2D eigenvalue weighted by atomic mass is 9.99. The third kappa shape index (κ3) is 6.96. The summed E-state index contributed by atoms with van der Waals surface area (Å²) < 4.78 is 114. The van der Waals surface area contributed by atoms with Crippen LogP contribution in [0.15, 0.2) is 0 Å². The first-order valence-electron chi connectivity index (χ1n) is 8.21. The summed E-state index contributed by atoms with van der Waals surface area (Å²) in [6, 6.07) is 0. The second-order valence-corrected chi connectivity index (χ2v) is 11.1. The highest BCUT2D eigenvalue weighted by molar-refractivity contribution is 14.1. The Morgan fingerprint density at radius 3 is 1.44 bits per heavy atom. The first-order chi connectivity index (χ1) is 15.1. The molecule has 3 amide bonds. The lowest BCUT2D eigenvalue weighted by Crippen LogP contribution is -2.70. The molecule has 0 heterocycles. The van der Waals surface area contributed by atoms with E-state index in [0.29, 0.717) is 5.32 Å². The molecule has 0 aliphatic rings. The molecule has 0 unspecified atom stereocenters. The Kier molecular flexibility index (Phi) is 9.90. The zero-order valence-corrected chi connectivity index (χ0v) is 23.8.